The topological polar surface area (TPSA) is 39.3 Å². The molecule has 3 heterocycles. The summed E-state index contributed by atoms with van der Waals surface area (Å²) in [4.78, 5) is 18.3. The van der Waals surface area contributed by atoms with E-state index >= 15 is 0 Å². The number of aromatic nitrogens is 3. The molecule has 0 spiro atoms. The molecule has 1 aliphatic heterocycles. The summed E-state index contributed by atoms with van der Waals surface area (Å²) in [6, 6.07) is 22.2. The number of imidazole rings is 1. The molecule has 27 heavy (non-hydrogen) atoms. The average Bonchev–Trinajstić information content (AvgIpc) is 3.03. The van der Waals surface area contributed by atoms with Gasteiger partial charge < -0.3 is 0 Å². The van der Waals surface area contributed by atoms with Gasteiger partial charge in [-0.3, -0.25) is 9.36 Å². The van der Waals surface area contributed by atoms with Crippen LogP contribution in [0.15, 0.2) is 71.5 Å². The predicted octanol–water partition coefficient (Wildman–Crippen LogP) is 4.57. The molecule has 0 radical (unpaired) electrons. The molecule has 2 aromatic heterocycles. The van der Waals surface area contributed by atoms with Gasteiger partial charge in [0.1, 0.15) is 0 Å². The predicted molar refractivity (Wildman–Crippen MR) is 108 cm³/mol. The lowest BCUT2D eigenvalue weighted by Crippen LogP contribution is -2.31. The van der Waals surface area contributed by atoms with Gasteiger partial charge in [0.2, 0.25) is 5.78 Å². The Kier molecular flexibility index (Phi) is 2.54. The Hall–Kier alpha value is -3.40. The van der Waals surface area contributed by atoms with Crippen LogP contribution in [-0.2, 0) is 5.54 Å². The maximum atomic E-state index is 13.4. The molecule has 130 valence electrons. The van der Waals surface area contributed by atoms with E-state index in [-0.39, 0.29) is 11.1 Å². The molecule has 5 aromatic rings. The molecular formula is C23H17N3O. The van der Waals surface area contributed by atoms with Crippen molar-refractivity contribution >= 4 is 27.7 Å². The van der Waals surface area contributed by atoms with Crippen LogP contribution in [0.25, 0.3) is 38.8 Å². The van der Waals surface area contributed by atoms with Gasteiger partial charge >= 0.3 is 0 Å². The molecule has 4 heteroatoms. The number of nitrogens with zero attached hydrogens (tertiary/aromatic N) is 3. The van der Waals surface area contributed by atoms with E-state index < -0.39 is 0 Å². The molecule has 0 unspecified atom stereocenters. The molecule has 0 N–H and O–H groups in total. The number of hydrogen-bond acceptors (Lipinski definition) is 2. The van der Waals surface area contributed by atoms with Crippen LogP contribution < -0.4 is 5.56 Å². The monoisotopic (exact) mass is 351 g/mol. The fraction of sp³-hybridized carbons (Fsp3) is 0.130. The van der Waals surface area contributed by atoms with Gasteiger partial charge in [0.15, 0.2) is 0 Å². The first-order chi connectivity index (χ1) is 13.1. The van der Waals surface area contributed by atoms with Crippen LogP contribution in [0.5, 0.6) is 0 Å². The second-order valence-electron chi connectivity index (χ2n) is 7.68. The summed E-state index contributed by atoms with van der Waals surface area (Å²) in [6.07, 6.45) is 0. The molecule has 1 aliphatic rings. The van der Waals surface area contributed by atoms with Gasteiger partial charge in [-0.2, -0.15) is 0 Å². The number of hydrogen-bond donors (Lipinski definition) is 0. The summed E-state index contributed by atoms with van der Waals surface area (Å²) < 4.78 is 4.00. The summed E-state index contributed by atoms with van der Waals surface area (Å²) >= 11 is 0. The van der Waals surface area contributed by atoms with Crippen molar-refractivity contribution in [3.63, 3.8) is 0 Å². The second kappa shape index (κ2) is 4.65. The quantitative estimate of drug-likeness (QED) is 0.410. The van der Waals surface area contributed by atoms with Crippen LogP contribution in [0.4, 0.5) is 0 Å². The third kappa shape index (κ3) is 1.63. The van der Waals surface area contributed by atoms with Gasteiger partial charge in [0.25, 0.3) is 5.56 Å². The Morgan fingerprint density at radius 1 is 0.852 bits per heavy atom. The van der Waals surface area contributed by atoms with Gasteiger partial charge in [-0.1, -0.05) is 48.5 Å². The Labute approximate surface area is 155 Å². The maximum absolute atomic E-state index is 13.4. The highest BCUT2D eigenvalue weighted by molar-refractivity contribution is 5.99. The van der Waals surface area contributed by atoms with Crippen molar-refractivity contribution in [2.45, 2.75) is 19.4 Å². The smallest absolute Gasteiger partial charge is 0.267 e. The Morgan fingerprint density at radius 3 is 2.48 bits per heavy atom. The minimum Gasteiger partial charge on any atom is -0.299 e. The lowest BCUT2D eigenvalue weighted by Gasteiger charge is -2.35. The van der Waals surface area contributed by atoms with E-state index in [9.17, 15) is 4.79 Å². The van der Waals surface area contributed by atoms with Crippen molar-refractivity contribution < 1.29 is 0 Å². The first-order valence-corrected chi connectivity index (χ1v) is 9.14. The van der Waals surface area contributed by atoms with Crippen molar-refractivity contribution in [2.75, 3.05) is 0 Å². The van der Waals surface area contributed by atoms with Gasteiger partial charge in [-0.15, -0.1) is 0 Å². The molecule has 0 atom stereocenters. The van der Waals surface area contributed by atoms with Gasteiger partial charge in [-0.25, -0.2) is 9.38 Å². The molecule has 0 aliphatic carbocycles. The van der Waals surface area contributed by atoms with Crippen LogP contribution in [0.2, 0.25) is 0 Å². The molecule has 0 bridgehead atoms. The normalized spacial score (nSPS) is 14.7. The summed E-state index contributed by atoms with van der Waals surface area (Å²) in [5.74, 6) is 0.695. The maximum Gasteiger partial charge on any atom is 0.267 e. The Morgan fingerprint density at radius 2 is 1.59 bits per heavy atom. The third-order valence-electron chi connectivity index (χ3n) is 5.87. The highest BCUT2D eigenvalue weighted by atomic mass is 16.1. The number of fused-ring (bicyclic) bond motifs is 6. The molecule has 0 fully saturated rings. The zero-order chi connectivity index (χ0) is 18.3. The van der Waals surface area contributed by atoms with E-state index in [2.05, 4.69) is 48.7 Å². The highest BCUT2D eigenvalue weighted by Gasteiger charge is 2.36. The van der Waals surface area contributed by atoms with Crippen molar-refractivity contribution in [3.8, 4) is 11.1 Å². The molecule has 0 saturated carbocycles. The summed E-state index contributed by atoms with van der Waals surface area (Å²) in [6.45, 7) is 4.39. The van der Waals surface area contributed by atoms with Gasteiger partial charge in [-0.05, 0) is 43.2 Å². The number of para-hydroxylation sites is 2. The highest BCUT2D eigenvalue weighted by Crippen LogP contribution is 2.45. The fourth-order valence-electron chi connectivity index (χ4n) is 4.65. The van der Waals surface area contributed by atoms with Crippen molar-refractivity contribution in [1.82, 2.24) is 14.0 Å². The Bertz CT molecular complexity index is 1470. The number of rotatable bonds is 0. The summed E-state index contributed by atoms with van der Waals surface area (Å²) in [7, 11) is 0. The fourth-order valence-corrected chi connectivity index (χ4v) is 4.65. The van der Waals surface area contributed by atoms with E-state index in [1.807, 2.05) is 36.4 Å². The van der Waals surface area contributed by atoms with E-state index in [1.165, 1.54) is 11.1 Å². The zero-order valence-corrected chi connectivity index (χ0v) is 15.1. The number of benzene rings is 3. The van der Waals surface area contributed by atoms with Crippen LogP contribution in [0, 0.1) is 0 Å². The van der Waals surface area contributed by atoms with Crippen LogP contribution in [-0.4, -0.2) is 14.0 Å². The van der Waals surface area contributed by atoms with Crippen molar-refractivity contribution in [1.29, 1.82) is 0 Å². The second-order valence-corrected chi connectivity index (χ2v) is 7.68. The third-order valence-corrected chi connectivity index (χ3v) is 5.87. The SMILES string of the molecule is CC1(C)c2ccccc2-c2cccc3c2n1c1nc2ccccc2c(=O)n31. The van der Waals surface area contributed by atoms with Crippen LogP contribution in [0.3, 0.4) is 0 Å². The van der Waals surface area contributed by atoms with Crippen molar-refractivity contribution in [2.24, 2.45) is 0 Å². The Balaban J connectivity index is 1.97. The van der Waals surface area contributed by atoms with Crippen molar-refractivity contribution in [3.05, 3.63) is 82.6 Å². The molecular weight excluding hydrogens is 334 g/mol. The zero-order valence-electron chi connectivity index (χ0n) is 15.1. The first kappa shape index (κ1) is 14.7. The summed E-state index contributed by atoms with van der Waals surface area (Å²) in [5.41, 5.74) is 5.99. The van der Waals surface area contributed by atoms with E-state index in [0.717, 1.165) is 22.1 Å². The van der Waals surface area contributed by atoms with Crippen LogP contribution >= 0.6 is 0 Å². The lowest BCUT2D eigenvalue weighted by molar-refractivity contribution is 0.456. The average molecular weight is 351 g/mol. The molecule has 4 nitrogen and oxygen atoms in total. The van der Waals surface area contributed by atoms with Gasteiger partial charge in [0.05, 0.1) is 27.5 Å². The van der Waals surface area contributed by atoms with E-state index in [0.29, 0.717) is 11.2 Å². The van der Waals surface area contributed by atoms with E-state index in [4.69, 9.17) is 4.98 Å². The largest absolute Gasteiger partial charge is 0.299 e. The molecule has 6 rings (SSSR count). The van der Waals surface area contributed by atoms with Crippen LogP contribution in [0.1, 0.15) is 19.4 Å². The molecule has 0 amide bonds. The molecule has 3 aromatic carbocycles. The van der Waals surface area contributed by atoms with Gasteiger partial charge in [0, 0.05) is 5.56 Å². The standard InChI is InChI=1S/C23H17N3O/c1-23(2)17-11-5-3-8-14(17)15-10-7-13-19-20(15)26(23)22-24-18-12-6-4-9-16(18)21(27)25(19)22/h3-13H,1-2H3. The van der Waals surface area contributed by atoms with E-state index in [1.54, 1.807) is 4.40 Å². The lowest BCUT2D eigenvalue weighted by atomic mass is 9.83. The first-order valence-electron chi connectivity index (χ1n) is 9.14. The summed E-state index contributed by atoms with van der Waals surface area (Å²) in [5, 5.41) is 0.647. The molecule has 0 saturated heterocycles. The minimum atomic E-state index is -0.320. The minimum absolute atomic E-state index is 0.0155.